The summed E-state index contributed by atoms with van der Waals surface area (Å²) < 4.78 is 26.3. The molecule has 3 aromatic carbocycles. The van der Waals surface area contributed by atoms with Gasteiger partial charge < -0.3 is 19.9 Å². The normalized spacial score (nSPS) is 10.6. The molecule has 0 unspecified atom stereocenters. The van der Waals surface area contributed by atoms with Crippen molar-refractivity contribution in [1.29, 1.82) is 0 Å². The Bertz CT molecular complexity index is 1060. The van der Waals surface area contributed by atoms with Crippen molar-refractivity contribution in [2.75, 3.05) is 11.9 Å². The summed E-state index contributed by atoms with van der Waals surface area (Å²) >= 11 is 9.59. The van der Waals surface area contributed by atoms with Gasteiger partial charge in [-0.3, -0.25) is 0 Å². The van der Waals surface area contributed by atoms with Crippen molar-refractivity contribution in [2.24, 2.45) is 0 Å². The third-order valence-corrected chi connectivity index (χ3v) is 5.36. The van der Waals surface area contributed by atoms with Crippen LogP contribution in [0, 0.1) is 5.82 Å². The summed E-state index contributed by atoms with van der Waals surface area (Å²) in [5, 5.41) is 12.5. The summed E-state index contributed by atoms with van der Waals surface area (Å²) in [5.74, 6) is -0.432. The molecule has 0 bridgehead atoms. The maximum Gasteiger partial charge on any atom is 0.335 e. The molecule has 2 N–H and O–H groups in total. The maximum absolute atomic E-state index is 14.0. The highest BCUT2D eigenvalue weighted by Gasteiger charge is 2.15. The molecule has 31 heavy (non-hydrogen) atoms. The standard InChI is InChI=1S/C23H20BrClFNO4/c1-2-30-21-11-14(12-27-16-8-6-15(7-9-16)23(28)29)10-18(24)22(21)31-13-17-19(25)4-3-5-20(17)26/h3-11,27H,2,12-13H2,1H3,(H,28,29). The van der Waals surface area contributed by atoms with Crippen LogP contribution in [0.15, 0.2) is 59.1 Å². The van der Waals surface area contributed by atoms with Gasteiger partial charge in [-0.25, -0.2) is 9.18 Å². The van der Waals surface area contributed by atoms with E-state index in [4.69, 9.17) is 26.2 Å². The fraction of sp³-hybridized carbons (Fsp3) is 0.174. The van der Waals surface area contributed by atoms with E-state index in [9.17, 15) is 9.18 Å². The molecule has 3 rings (SSSR count). The Hall–Kier alpha value is -2.77. The third-order valence-electron chi connectivity index (χ3n) is 4.42. The highest BCUT2D eigenvalue weighted by molar-refractivity contribution is 9.10. The summed E-state index contributed by atoms with van der Waals surface area (Å²) in [6.45, 7) is 2.72. The first kappa shape index (κ1) is 22.9. The number of halogens is 3. The number of carbonyl (C=O) groups is 1. The zero-order chi connectivity index (χ0) is 22.4. The molecule has 0 radical (unpaired) electrons. The molecule has 5 nitrogen and oxygen atoms in total. The van der Waals surface area contributed by atoms with Crippen molar-refractivity contribution < 1.29 is 23.8 Å². The molecule has 0 spiro atoms. The molecule has 0 aliphatic rings. The van der Waals surface area contributed by atoms with Crippen molar-refractivity contribution in [3.8, 4) is 11.5 Å². The van der Waals surface area contributed by atoms with Gasteiger partial charge in [0, 0.05) is 17.8 Å². The molecule has 0 saturated heterocycles. The zero-order valence-corrected chi connectivity index (χ0v) is 19.0. The van der Waals surface area contributed by atoms with E-state index in [-0.39, 0.29) is 17.7 Å². The molecule has 0 saturated carbocycles. The second-order valence-electron chi connectivity index (χ2n) is 6.56. The predicted octanol–water partition coefficient (Wildman–Crippen LogP) is 6.53. The first-order valence-electron chi connectivity index (χ1n) is 9.47. The lowest BCUT2D eigenvalue weighted by atomic mass is 10.1. The Morgan fingerprint density at radius 3 is 2.55 bits per heavy atom. The van der Waals surface area contributed by atoms with Gasteiger partial charge in [-0.05, 0) is 76.9 Å². The number of hydrogen-bond donors (Lipinski definition) is 2. The molecule has 0 fully saturated rings. The maximum atomic E-state index is 14.0. The average Bonchev–Trinajstić information content (AvgIpc) is 2.74. The fourth-order valence-electron chi connectivity index (χ4n) is 2.88. The van der Waals surface area contributed by atoms with Gasteiger partial charge >= 0.3 is 5.97 Å². The van der Waals surface area contributed by atoms with Gasteiger partial charge in [-0.1, -0.05) is 17.7 Å². The summed E-state index contributed by atoms with van der Waals surface area (Å²) in [6.07, 6.45) is 0. The van der Waals surface area contributed by atoms with Gasteiger partial charge in [0.15, 0.2) is 11.5 Å². The van der Waals surface area contributed by atoms with E-state index in [0.29, 0.717) is 34.1 Å². The van der Waals surface area contributed by atoms with Gasteiger partial charge in [0.2, 0.25) is 0 Å². The highest BCUT2D eigenvalue weighted by Crippen LogP contribution is 2.38. The van der Waals surface area contributed by atoms with Crippen molar-refractivity contribution in [2.45, 2.75) is 20.1 Å². The van der Waals surface area contributed by atoms with Crippen molar-refractivity contribution in [1.82, 2.24) is 0 Å². The highest BCUT2D eigenvalue weighted by atomic mass is 79.9. The number of anilines is 1. The summed E-state index contributed by atoms with van der Waals surface area (Å²) in [5.41, 5.74) is 2.19. The topological polar surface area (TPSA) is 67.8 Å². The number of benzene rings is 3. The molecule has 0 atom stereocenters. The molecule has 0 heterocycles. The Morgan fingerprint density at radius 1 is 1.16 bits per heavy atom. The quantitative estimate of drug-likeness (QED) is 0.344. The van der Waals surface area contributed by atoms with Crippen LogP contribution in [0.1, 0.15) is 28.4 Å². The number of carboxylic acids is 1. The van der Waals surface area contributed by atoms with E-state index in [1.165, 1.54) is 18.2 Å². The predicted molar refractivity (Wildman–Crippen MR) is 122 cm³/mol. The number of rotatable bonds is 9. The molecule has 0 aromatic heterocycles. The number of carboxylic acid groups (broad SMARTS) is 1. The second-order valence-corrected chi connectivity index (χ2v) is 7.82. The van der Waals surface area contributed by atoms with E-state index in [0.717, 1.165) is 11.3 Å². The number of nitrogens with one attached hydrogen (secondary N) is 1. The van der Waals surface area contributed by atoms with Gasteiger partial charge in [-0.15, -0.1) is 0 Å². The van der Waals surface area contributed by atoms with E-state index < -0.39 is 11.8 Å². The van der Waals surface area contributed by atoms with E-state index >= 15 is 0 Å². The monoisotopic (exact) mass is 507 g/mol. The lowest BCUT2D eigenvalue weighted by Gasteiger charge is -2.17. The zero-order valence-electron chi connectivity index (χ0n) is 16.6. The first-order valence-corrected chi connectivity index (χ1v) is 10.6. The summed E-state index contributed by atoms with van der Waals surface area (Å²) in [4.78, 5) is 11.0. The molecule has 0 aliphatic heterocycles. The van der Waals surface area contributed by atoms with Gasteiger partial charge in [0.1, 0.15) is 12.4 Å². The number of hydrogen-bond acceptors (Lipinski definition) is 4. The number of aromatic carboxylic acids is 1. The minimum atomic E-state index is -0.968. The van der Waals surface area contributed by atoms with Crippen LogP contribution in [0.5, 0.6) is 11.5 Å². The Balaban J connectivity index is 1.75. The lowest BCUT2D eigenvalue weighted by molar-refractivity contribution is 0.0697. The Labute approximate surface area is 192 Å². The van der Waals surface area contributed by atoms with Crippen LogP contribution in [0.2, 0.25) is 5.02 Å². The Morgan fingerprint density at radius 2 is 1.90 bits per heavy atom. The SMILES string of the molecule is CCOc1cc(CNc2ccc(C(=O)O)cc2)cc(Br)c1OCc1c(F)cccc1Cl. The van der Waals surface area contributed by atoms with E-state index in [1.807, 2.05) is 19.1 Å². The molecule has 0 aliphatic carbocycles. The molecular weight excluding hydrogens is 489 g/mol. The smallest absolute Gasteiger partial charge is 0.335 e. The molecule has 3 aromatic rings. The van der Waals surface area contributed by atoms with E-state index in [2.05, 4.69) is 21.2 Å². The summed E-state index contributed by atoms with van der Waals surface area (Å²) in [7, 11) is 0. The fourth-order valence-corrected chi connectivity index (χ4v) is 3.70. The minimum absolute atomic E-state index is 0.0439. The van der Waals surface area contributed by atoms with Crippen LogP contribution in [-0.4, -0.2) is 17.7 Å². The minimum Gasteiger partial charge on any atom is -0.490 e. The van der Waals surface area contributed by atoms with Crippen LogP contribution >= 0.6 is 27.5 Å². The largest absolute Gasteiger partial charge is 0.490 e. The van der Waals surface area contributed by atoms with Crippen LogP contribution < -0.4 is 14.8 Å². The van der Waals surface area contributed by atoms with Crippen molar-refractivity contribution in [3.63, 3.8) is 0 Å². The second kappa shape index (κ2) is 10.5. The van der Waals surface area contributed by atoms with Crippen LogP contribution in [0.3, 0.4) is 0 Å². The molecule has 162 valence electrons. The van der Waals surface area contributed by atoms with Gasteiger partial charge in [0.05, 0.1) is 21.7 Å². The first-order chi connectivity index (χ1) is 14.9. The molecule has 8 heteroatoms. The Kier molecular flexibility index (Phi) is 7.76. The van der Waals surface area contributed by atoms with E-state index in [1.54, 1.807) is 24.3 Å². The third kappa shape index (κ3) is 5.89. The van der Waals surface area contributed by atoms with Crippen molar-refractivity contribution in [3.05, 3.63) is 86.6 Å². The number of ether oxygens (including phenoxy) is 2. The summed E-state index contributed by atoms with van der Waals surface area (Å²) in [6, 6.07) is 14.7. The van der Waals surface area contributed by atoms with Crippen molar-refractivity contribution >= 4 is 39.2 Å². The van der Waals surface area contributed by atoms with Crippen LogP contribution in [0.4, 0.5) is 10.1 Å². The average molecular weight is 509 g/mol. The van der Waals surface area contributed by atoms with Crippen LogP contribution in [0.25, 0.3) is 0 Å². The lowest BCUT2D eigenvalue weighted by Crippen LogP contribution is -2.05. The molecule has 0 amide bonds. The molecular formula is C23H20BrClFNO4. The van der Waals surface area contributed by atoms with Gasteiger partial charge in [-0.2, -0.15) is 0 Å². The van der Waals surface area contributed by atoms with Gasteiger partial charge in [0.25, 0.3) is 0 Å². The van der Waals surface area contributed by atoms with Crippen LogP contribution in [-0.2, 0) is 13.2 Å².